The quantitative estimate of drug-likeness (QED) is 0.896. The molecule has 1 aliphatic heterocycles. The number of rotatable bonds is 3. The Morgan fingerprint density at radius 3 is 2.63 bits per heavy atom. The number of ether oxygens (including phenoxy) is 1. The van der Waals surface area contributed by atoms with Crippen molar-refractivity contribution in [1.82, 2.24) is 10.2 Å². The summed E-state index contributed by atoms with van der Waals surface area (Å²) in [6.07, 6.45) is -0.719. The normalized spacial score (nSPS) is 17.1. The molecule has 1 heterocycles. The molecular weight excluding hydrogens is 254 g/mol. The summed E-state index contributed by atoms with van der Waals surface area (Å²) in [5, 5.41) is 3.15. The summed E-state index contributed by atoms with van der Waals surface area (Å²) in [6.45, 7) is 4.37. The highest BCUT2D eigenvalue weighted by Gasteiger charge is 2.23. The lowest BCUT2D eigenvalue weighted by Crippen LogP contribution is -2.50. The topological polar surface area (TPSA) is 41.6 Å². The molecule has 0 saturated carbocycles. The largest absolute Gasteiger partial charge is 0.481 e. The number of carbonyl (C=O) groups excluding carboxylic acids is 1. The van der Waals surface area contributed by atoms with Gasteiger partial charge >= 0.3 is 0 Å². The van der Waals surface area contributed by atoms with E-state index >= 15 is 0 Å². The van der Waals surface area contributed by atoms with Crippen LogP contribution in [-0.4, -0.2) is 43.1 Å². The summed E-state index contributed by atoms with van der Waals surface area (Å²) >= 11 is 0. The number of carbonyl (C=O) groups is 1. The molecule has 4 nitrogen and oxygen atoms in total. The van der Waals surface area contributed by atoms with Gasteiger partial charge in [-0.3, -0.25) is 4.79 Å². The van der Waals surface area contributed by atoms with E-state index in [0.717, 1.165) is 25.2 Å². The number of benzene rings is 1. The minimum Gasteiger partial charge on any atom is -0.481 e. The average molecular weight is 270 g/mol. The van der Waals surface area contributed by atoms with Crippen LogP contribution in [0.5, 0.6) is 5.75 Å². The number of nitrogens with one attached hydrogen (secondary N) is 1. The van der Waals surface area contributed by atoms with Crippen LogP contribution in [0, 0.1) is 11.6 Å². The van der Waals surface area contributed by atoms with Gasteiger partial charge < -0.3 is 15.0 Å². The van der Waals surface area contributed by atoms with Gasteiger partial charge in [-0.2, -0.15) is 0 Å². The number of hydrogen-bond donors (Lipinski definition) is 1. The monoisotopic (exact) mass is 270 g/mol. The van der Waals surface area contributed by atoms with Crippen molar-refractivity contribution in [2.45, 2.75) is 13.0 Å². The highest BCUT2D eigenvalue weighted by Crippen LogP contribution is 2.17. The molecule has 0 spiro atoms. The fourth-order valence-corrected chi connectivity index (χ4v) is 1.95. The Bertz CT molecular complexity index is 462. The van der Waals surface area contributed by atoms with Gasteiger partial charge in [0, 0.05) is 32.2 Å². The minimum absolute atomic E-state index is 0.147. The number of piperazine rings is 1. The molecule has 1 saturated heterocycles. The molecule has 1 unspecified atom stereocenters. The Hall–Kier alpha value is -1.69. The van der Waals surface area contributed by atoms with Crippen LogP contribution in [0.15, 0.2) is 18.2 Å². The van der Waals surface area contributed by atoms with E-state index in [1.54, 1.807) is 11.8 Å². The maximum absolute atomic E-state index is 13.0. The minimum atomic E-state index is -0.987. The molecule has 1 atom stereocenters. The van der Waals surface area contributed by atoms with Gasteiger partial charge in [0.2, 0.25) is 0 Å². The SMILES string of the molecule is CC(Oc1ccc(F)c(F)c1)C(=O)N1CCNCC1. The van der Waals surface area contributed by atoms with Gasteiger partial charge in [-0.05, 0) is 19.1 Å². The van der Waals surface area contributed by atoms with E-state index in [-0.39, 0.29) is 11.7 Å². The first-order chi connectivity index (χ1) is 9.08. The number of halogens is 2. The van der Waals surface area contributed by atoms with Crippen LogP contribution in [0.2, 0.25) is 0 Å². The molecule has 1 N–H and O–H groups in total. The van der Waals surface area contributed by atoms with Crippen molar-refractivity contribution >= 4 is 5.91 Å². The molecule has 19 heavy (non-hydrogen) atoms. The van der Waals surface area contributed by atoms with Crippen LogP contribution >= 0.6 is 0 Å². The lowest BCUT2D eigenvalue weighted by atomic mass is 10.2. The second-order valence-electron chi connectivity index (χ2n) is 4.41. The zero-order valence-electron chi connectivity index (χ0n) is 10.7. The summed E-state index contributed by atoms with van der Waals surface area (Å²) < 4.78 is 31.1. The van der Waals surface area contributed by atoms with Crippen molar-refractivity contribution in [3.05, 3.63) is 29.8 Å². The van der Waals surface area contributed by atoms with Crippen molar-refractivity contribution in [2.24, 2.45) is 0 Å². The van der Waals surface area contributed by atoms with Crippen LogP contribution in [0.1, 0.15) is 6.92 Å². The van der Waals surface area contributed by atoms with E-state index in [1.165, 1.54) is 6.07 Å². The molecule has 1 aromatic rings. The Kier molecular flexibility index (Phi) is 4.31. The maximum atomic E-state index is 13.0. The van der Waals surface area contributed by atoms with Gasteiger partial charge in [-0.25, -0.2) is 8.78 Å². The van der Waals surface area contributed by atoms with Crippen molar-refractivity contribution in [2.75, 3.05) is 26.2 Å². The van der Waals surface area contributed by atoms with Crippen LogP contribution in [-0.2, 0) is 4.79 Å². The number of amides is 1. The second kappa shape index (κ2) is 5.97. The average Bonchev–Trinajstić information content (AvgIpc) is 2.43. The van der Waals surface area contributed by atoms with Gasteiger partial charge in [0.15, 0.2) is 17.7 Å². The zero-order valence-corrected chi connectivity index (χ0v) is 10.7. The standard InChI is InChI=1S/C13H16F2N2O2/c1-9(13(18)17-6-4-16-5-7-17)19-10-2-3-11(14)12(15)8-10/h2-3,8-9,16H,4-7H2,1H3. The molecule has 1 fully saturated rings. The van der Waals surface area contributed by atoms with Gasteiger partial charge in [-0.1, -0.05) is 0 Å². The first-order valence-electron chi connectivity index (χ1n) is 6.19. The summed E-state index contributed by atoms with van der Waals surface area (Å²) in [4.78, 5) is 13.8. The summed E-state index contributed by atoms with van der Waals surface area (Å²) in [6, 6.07) is 3.23. The van der Waals surface area contributed by atoms with E-state index in [1.807, 2.05) is 0 Å². The summed E-state index contributed by atoms with van der Waals surface area (Å²) in [5.41, 5.74) is 0. The third-order valence-electron chi connectivity index (χ3n) is 2.98. The first-order valence-corrected chi connectivity index (χ1v) is 6.19. The summed E-state index contributed by atoms with van der Waals surface area (Å²) in [5.74, 6) is -1.92. The second-order valence-corrected chi connectivity index (χ2v) is 4.41. The highest BCUT2D eigenvalue weighted by molar-refractivity contribution is 5.81. The van der Waals surface area contributed by atoms with E-state index in [0.29, 0.717) is 13.1 Å². The highest BCUT2D eigenvalue weighted by atomic mass is 19.2. The molecule has 0 aliphatic carbocycles. The zero-order chi connectivity index (χ0) is 13.8. The van der Waals surface area contributed by atoms with Crippen LogP contribution < -0.4 is 10.1 Å². The first kappa shape index (κ1) is 13.7. The van der Waals surface area contributed by atoms with Crippen molar-refractivity contribution in [3.8, 4) is 5.75 Å². The van der Waals surface area contributed by atoms with E-state index in [9.17, 15) is 13.6 Å². The number of nitrogens with zero attached hydrogens (tertiary/aromatic N) is 1. The van der Waals surface area contributed by atoms with E-state index < -0.39 is 17.7 Å². The van der Waals surface area contributed by atoms with Crippen molar-refractivity contribution in [3.63, 3.8) is 0 Å². The van der Waals surface area contributed by atoms with Crippen molar-refractivity contribution in [1.29, 1.82) is 0 Å². The molecule has 2 rings (SSSR count). The molecule has 104 valence electrons. The van der Waals surface area contributed by atoms with Crippen LogP contribution in [0.25, 0.3) is 0 Å². The molecule has 6 heteroatoms. The third-order valence-corrected chi connectivity index (χ3v) is 2.98. The van der Waals surface area contributed by atoms with Gasteiger partial charge in [0.1, 0.15) is 5.75 Å². The summed E-state index contributed by atoms with van der Waals surface area (Å²) in [7, 11) is 0. The fourth-order valence-electron chi connectivity index (χ4n) is 1.95. The van der Waals surface area contributed by atoms with Crippen molar-refractivity contribution < 1.29 is 18.3 Å². The predicted octanol–water partition coefficient (Wildman–Crippen LogP) is 1.16. The van der Waals surface area contributed by atoms with Crippen LogP contribution in [0.4, 0.5) is 8.78 Å². The fraction of sp³-hybridized carbons (Fsp3) is 0.462. The maximum Gasteiger partial charge on any atom is 0.263 e. The lowest BCUT2D eigenvalue weighted by Gasteiger charge is -2.29. The molecule has 1 aromatic carbocycles. The smallest absolute Gasteiger partial charge is 0.263 e. The molecule has 1 amide bonds. The van der Waals surface area contributed by atoms with Crippen LogP contribution in [0.3, 0.4) is 0 Å². The van der Waals surface area contributed by atoms with Gasteiger partial charge in [0.05, 0.1) is 0 Å². The van der Waals surface area contributed by atoms with E-state index in [4.69, 9.17) is 4.74 Å². The third kappa shape index (κ3) is 3.41. The molecular formula is C13H16F2N2O2. The Labute approximate surface area is 110 Å². The Morgan fingerprint density at radius 2 is 2.00 bits per heavy atom. The predicted molar refractivity (Wildman–Crippen MR) is 65.9 cm³/mol. The van der Waals surface area contributed by atoms with Gasteiger partial charge in [0.25, 0.3) is 5.91 Å². The Balaban J connectivity index is 1.97. The Morgan fingerprint density at radius 1 is 1.32 bits per heavy atom. The van der Waals surface area contributed by atoms with E-state index in [2.05, 4.69) is 5.32 Å². The molecule has 0 aromatic heterocycles. The van der Waals surface area contributed by atoms with Gasteiger partial charge in [-0.15, -0.1) is 0 Å². The lowest BCUT2D eigenvalue weighted by molar-refractivity contribution is -0.138. The molecule has 1 aliphatic rings. The molecule has 0 bridgehead atoms. The number of hydrogen-bond acceptors (Lipinski definition) is 3. The molecule has 0 radical (unpaired) electrons.